The summed E-state index contributed by atoms with van der Waals surface area (Å²) in [6, 6.07) is 11.3. The van der Waals surface area contributed by atoms with E-state index in [0.29, 0.717) is 0 Å². The van der Waals surface area contributed by atoms with E-state index < -0.39 is 0 Å². The topological polar surface area (TPSA) is 23.8 Å². The zero-order valence-electron chi connectivity index (χ0n) is 11.7. The van der Waals surface area contributed by atoms with Gasteiger partial charge < -0.3 is 0 Å². The SMILES string of the molecule is CCCC1CCC(C#N)(Cc2ccc(I)cc2)CC1. The third-order valence-electron chi connectivity index (χ3n) is 4.45. The number of halogens is 1. The first-order chi connectivity index (χ1) is 9.17. The number of nitrogens with zero attached hydrogens (tertiary/aromatic N) is 1. The third-order valence-corrected chi connectivity index (χ3v) is 5.17. The molecule has 0 saturated heterocycles. The summed E-state index contributed by atoms with van der Waals surface area (Å²) in [5.41, 5.74) is 1.22. The van der Waals surface area contributed by atoms with Gasteiger partial charge >= 0.3 is 0 Å². The highest BCUT2D eigenvalue weighted by Crippen LogP contribution is 2.42. The predicted molar refractivity (Wildman–Crippen MR) is 87.8 cm³/mol. The quantitative estimate of drug-likeness (QED) is 0.660. The molecule has 0 bridgehead atoms. The maximum Gasteiger partial charge on any atom is 0.0693 e. The molecule has 1 aliphatic carbocycles. The van der Waals surface area contributed by atoms with Gasteiger partial charge in [-0.1, -0.05) is 31.9 Å². The van der Waals surface area contributed by atoms with Crippen molar-refractivity contribution in [3.63, 3.8) is 0 Å². The molecule has 0 heterocycles. The Morgan fingerprint density at radius 2 is 1.89 bits per heavy atom. The molecule has 0 radical (unpaired) electrons. The van der Waals surface area contributed by atoms with Gasteiger partial charge in [0, 0.05) is 3.57 Å². The summed E-state index contributed by atoms with van der Waals surface area (Å²) >= 11 is 2.33. The van der Waals surface area contributed by atoms with Crippen LogP contribution in [0.2, 0.25) is 0 Å². The average molecular weight is 367 g/mol. The van der Waals surface area contributed by atoms with E-state index >= 15 is 0 Å². The highest BCUT2D eigenvalue weighted by Gasteiger charge is 2.35. The molecule has 0 atom stereocenters. The van der Waals surface area contributed by atoms with Gasteiger partial charge in [0.15, 0.2) is 0 Å². The van der Waals surface area contributed by atoms with Crippen molar-refractivity contribution in [3.8, 4) is 6.07 Å². The van der Waals surface area contributed by atoms with Gasteiger partial charge in [0.25, 0.3) is 0 Å². The molecule has 1 nitrogen and oxygen atoms in total. The first kappa shape index (κ1) is 14.8. The molecule has 0 N–H and O–H groups in total. The zero-order chi connectivity index (χ0) is 13.7. The van der Waals surface area contributed by atoms with Crippen LogP contribution in [0.5, 0.6) is 0 Å². The Morgan fingerprint density at radius 1 is 1.26 bits per heavy atom. The average Bonchev–Trinajstić information content (AvgIpc) is 2.44. The van der Waals surface area contributed by atoms with E-state index in [1.807, 2.05) is 0 Å². The molecule has 0 aliphatic heterocycles. The van der Waals surface area contributed by atoms with E-state index in [4.69, 9.17) is 0 Å². The lowest BCUT2D eigenvalue weighted by Gasteiger charge is -2.35. The van der Waals surface area contributed by atoms with Gasteiger partial charge in [-0.15, -0.1) is 0 Å². The van der Waals surface area contributed by atoms with Gasteiger partial charge in [-0.25, -0.2) is 0 Å². The number of rotatable bonds is 4. The van der Waals surface area contributed by atoms with Crippen molar-refractivity contribution < 1.29 is 0 Å². The van der Waals surface area contributed by atoms with Crippen molar-refractivity contribution in [2.75, 3.05) is 0 Å². The molecule has 1 aliphatic rings. The van der Waals surface area contributed by atoms with Crippen LogP contribution in [0, 0.1) is 26.2 Å². The van der Waals surface area contributed by atoms with Crippen molar-refractivity contribution in [1.29, 1.82) is 5.26 Å². The van der Waals surface area contributed by atoms with Crippen molar-refractivity contribution >= 4 is 22.6 Å². The second-order valence-corrected chi connectivity index (χ2v) is 7.17. The Bertz CT molecular complexity index is 435. The molecule has 1 saturated carbocycles. The predicted octanol–water partition coefficient (Wildman–Crippen LogP) is 5.33. The van der Waals surface area contributed by atoms with Gasteiger partial charge in [0.2, 0.25) is 0 Å². The van der Waals surface area contributed by atoms with Crippen LogP contribution < -0.4 is 0 Å². The number of benzene rings is 1. The van der Waals surface area contributed by atoms with Crippen LogP contribution in [-0.4, -0.2) is 0 Å². The van der Waals surface area contributed by atoms with E-state index in [9.17, 15) is 5.26 Å². The smallest absolute Gasteiger partial charge is 0.0693 e. The maximum absolute atomic E-state index is 9.62. The first-order valence-corrected chi connectivity index (χ1v) is 8.41. The lowest BCUT2D eigenvalue weighted by molar-refractivity contribution is 0.201. The number of nitriles is 1. The maximum atomic E-state index is 9.62. The van der Waals surface area contributed by atoms with Gasteiger partial charge in [-0.3, -0.25) is 0 Å². The van der Waals surface area contributed by atoms with Crippen LogP contribution in [0.1, 0.15) is 51.0 Å². The molecule has 0 unspecified atom stereocenters. The Hall–Kier alpha value is -0.560. The Kier molecular flexibility index (Phi) is 5.27. The molecular weight excluding hydrogens is 345 g/mol. The minimum absolute atomic E-state index is 0.100. The Balaban J connectivity index is 2.01. The summed E-state index contributed by atoms with van der Waals surface area (Å²) in [5, 5.41) is 9.62. The molecule has 1 aromatic carbocycles. The Morgan fingerprint density at radius 3 is 2.42 bits per heavy atom. The monoisotopic (exact) mass is 367 g/mol. The fourth-order valence-electron chi connectivity index (χ4n) is 3.25. The van der Waals surface area contributed by atoms with Crippen molar-refractivity contribution in [1.82, 2.24) is 0 Å². The van der Waals surface area contributed by atoms with Crippen LogP contribution in [0.3, 0.4) is 0 Å². The molecule has 102 valence electrons. The molecule has 2 heteroatoms. The highest BCUT2D eigenvalue weighted by molar-refractivity contribution is 14.1. The fourth-order valence-corrected chi connectivity index (χ4v) is 3.61. The molecule has 19 heavy (non-hydrogen) atoms. The number of hydrogen-bond acceptors (Lipinski definition) is 1. The van der Waals surface area contributed by atoms with Crippen molar-refractivity contribution in [3.05, 3.63) is 33.4 Å². The highest BCUT2D eigenvalue weighted by atomic mass is 127. The standard InChI is InChI=1S/C17H22IN/c1-2-3-14-8-10-17(13-19,11-9-14)12-15-4-6-16(18)7-5-15/h4-7,14H,2-3,8-12H2,1H3. The van der Waals surface area contributed by atoms with Crippen LogP contribution in [0.15, 0.2) is 24.3 Å². The molecule has 0 aromatic heterocycles. The molecule has 1 fully saturated rings. The fraction of sp³-hybridized carbons (Fsp3) is 0.588. The third kappa shape index (κ3) is 3.95. The van der Waals surface area contributed by atoms with Crippen LogP contribution in [0.25, 0.3) is 0 Å². The molecule has 2 rings (SSSR count). The molecule has 1 aromatic rings. The van der Waals surface area contributed by atoms with Gasteiger partial charge in [-0.2, -0.15) is 5.26 Å². The normalized spacial score (nSPS) is 26.9. The van der Waals surface area contributed by atoms with Gasteiger partial charge in [0.1, 0.15) is 0 Å². The minimum Gasteiger partial charge on any atom is -0.198 e. The van der Waals surface area contributed by atoms with Crippen LogP contribution in [0.4, 0.5) is 0 Å². The largest absolute Gasteiger partial charge is 0.198 e. The summed E-state index contributed by atoms with van der Waals surface area (Å²) in [5.74, 6) is 0.864. The lowest BCUT2D eigenvalue weighted by Crippen LogP contribution is -2.28. The molecule has 0 spiro atoms. The molecular formula is C17H22IN. The minimum atomic E-state index is -0.100. The van der Waals surface area contributed by atoms with Crippen molar-refractivity contribution in [2.45, 2.75) is 51.9 Å². The first-order valence-electron chi connectivity index (χ1n) is 7.33. The van der Waals surface area contributed by atoms with Crippen LogP contribution in [-0.2, 0) is 6.42 Å². The van der Waals surface area contributed by atoms with Gasteiger partial charge in [-0.05, 0) is 78.3 Å². The zero-order valence-corrected chi connectivity index (χ0v) is 13.8. The lowest BCUT2D eigenvalue weighted by atomic mass is 9.67. The van der Waals surface area contributed by atoms with E-state index in [1.54, 1.807) is 0 Å². The van der Waals surface area contributed by atoms with E-state index in [1.165, 1.54) is 34.8 Å². The van der Waals surface area contributed by atoms with E-state index in [0.717, 1.165) is 25.2 Å². The Labute approximate surface area is 130 Å². The van der Waals surface area contributed by atoms with Crippen LogP contribution >= 0.6 is 22.6 Å². The summed E-state index contributed by atoms with van der Waals surface area (Å²) in [6.45, 7) is 2.26. The second kappa shape index (κ2) is 6.74. The van der Waals surface area contributed by atoms with Gasteiger partial charge in [0.05, 0.1) is 11.5 Å². The van der Waals surface area contributed by atoms with E-state index in [2.05, 4.69) is 59.8 Å². The summed E-state index contributed by atoms with van der Waals surface area (Å²) in [7, 11) is 0. The molecule has 0 amide bonds. The van der Waals surface area contributed by atoms with Crippen molar-refractivity contribution in [2.24, 2.45) is 11.3 Å². The summed E-state index contributed by atoms with van der Waals surface area (Å²) < 4.78 is 1.26. The summed E-state index contributed by atoms with van der Waals surface area (Å²) in [4.78, 5) is 0. The second-order valence-electron chi connectivity index (χ2n) is 5.93. The summed E-state index contributed by atoms with van der Waals surface area (Å²) in [6.07, 6.45) is 8.20. The van der Waals surface area contributed by atoms with E-state index in [-0.39, 0.29) is 5.41 Å². The number of hydrogen-bond donors (Lipinski definition) is 0.